The molecule has 0 saturated carbocycles. The highest BCUT2D eigenvalue weighted by Gasteiger charge is 2.17. The van der Waals surface area contributed by atoms with Gasteiger partial charge in [-0.1, -0.05) is 44.0 Å². The Morgan fingerprint density at radius 3 is 2.53 bits per heavy atom. The van der Waals surface area contributed by atoms with E-state index in [4.69, 9.17) is 11.6 Å². The van der Waals surface area contributed by atoms with Crippen molar-refractivity contribution in [2.75, 3.05) is 13.6 Å². The minimum absolute atomic E-state index is 0.0420. The van der Waals surface area contributed by atoms with Gasteiger partial charge in [0.25, 0.3) is 0 Å². The van der Waals surface area contributed by atoms with Crippen LogP contribution in [-0.2, 0) is 21.7 Å². The maximum Gasteiger partial charge on any atom is 0.218 e. The van der Waals surface area contributed by atoms with Crippen molar-refractivity contribution in [1.82, 2.24) is 4.31 Å². The van der Waals surface area contributed by atoms with Crippen molar-refractivity contribution in [3.8, 4) is 0 Å². The smallest absolute Gasteiger partial charge is 0.212 e. The molecule has 0 atom stereocenters. The van der Waals surface area contributed by atoms with Gasteiger partial charge in [0.1, 0.15) is 0 Å². The van der Waals surface area contributed by atoms with Crippen LogP contribution in [-0.4, -0.2) is 26.3 Å². The fraction of sp³-hybridized carbons (Fsp3) is 0.571. The minimum atomic E-state index is -3.23. The first-order valence-corrected chi connectivity index (χ1v) is 8.71. The Morgan fingerprint density at radius 2 is 1.89 bits per heavy atom. The van der Waals surface area contributed by atoms with Gasteiger partial charge in [-0.2, -0.15) is 0 Å². The number of alkyl halides is 1. The molecule has 0 bridgehead atoms. The molecule has 5 heteroatoms. The summed E-state index contributed by atoms with van der Waals surface area (Å²) in [7, 11) is -1.58. The van der Waals surface area contributed by atoms with Gasteiger partial charge in [0.15, 0.2) is 0 Å². The number of nitrogens with zero attached hydrogens (tertiary/aromatic N) is 1. The predicted octanol–water partition coefficient (Wildman–Crippen LogP) is 3.38. The normalized spacial score (nSPS) is 12.0. The molecule has 0 aliphatic carbocycles. The fourth-order valence-electron chi connectivity index (χ4n) is 1.85. The van der Waals surface area contributed by atoms with Crippen LogP contribution in [0.5, 0.6) is 0 Å². The van der Waals surface area contributed by atoms with Gasteiger partial charge in [-0.25, -0.2) is 12.7 Å². The lowest BCUT2D eigenvalue weighted by Gasteiger charge is -2.17. The second-order valence-corrected chi connectivity index (χ2v) is 7.08. The van der Waals surface area contributed by atoms with Gasteiger partial charge in [0.2, 0.25) is 10.0 Å². The van der Waals surface area contributed by atoms with Crippen LogP contribution in [0.25, 0.3) is 0 Å². The van der Waals surface area contributed by atoms with Gasteiger partial charge in [0.05, 0.1) is 5.75 Å². The Hall–Kier alpha value is -0.580. The van der Waals surface area contributed by atoms with Crippen molar-refractivity contribution in [2.45, 2.75) is 37.8 Å². The van der Waals surface area contributed by atoms with Gasteiger partial charge in [-0.3, -0.25) is 0 Å². The molecule has 0 aliphatic rings. The summed E-state index contributed by atoms with van der Waals surface area (Å²) in [6, 6.07) is 7.42. The van der Waals surface area contributed by atoms with Crippen molar-refractivity contribution in [2.24, 2.45) is 0 Å². The Bertz CT molecular complexity index is 488. The summed E-state index contributed by atoms with van der Waals surface area (Å²) in [5.41, 5.74) is 1.74. The van der Waals surface area contributed by atoms with E-state index in [1.54, 1.807) is 7.05 Å². The number of rotatable bonds is 8. The molecule has 0 aliphatic heterocycles. The summed E-state index contributed by atoms with van der Waals surface area (Å²) in [6.07, 6.45) is 3.06. The van der Waals surface area contributed by atoms with Gasteiger partial charge in [0, 0.05) is 19.5 Å². The zero-order chi connectivity index (χ0) is 14.3. The van der Waals surface area contributed by atoms with E-state index < -0.39 is 10.0 Å². The number of hydrogen-bond acceptors (Lipinski definition) is 2. The molecule has 0 radical (unpaired) electrons. The highest BCUT2D eigenvalue weighted by Crippen LogP contribution is 2.13. The number of sulfonamides is 1. The van der Waals surface area contributed by atoms with Gasteiger partial charge in [-0.05, 0) is 17.5 Å². The first-order valence-electron chi connectivity index (χ1n) is 6.57. The molecule has 0 amide bonds. The van der Waals surface area contributed by atoms with Crippen LogP contribution in [0.15, 0.2) is 24.3 Å². The molecule has 0 heterocycles. The molecular formula is C14H22ClNO2S. The molecule has 0 unspecified atom stereocenters. The SMILES string of the molecule is CCCCCN(C)S(=O)(=O)Cc1cccc(CCl)c1. The molecule has 0 fully saturated rings. The van der Waals surface area contributed by atoms with E-state index in [9.17, 15) is 8.42 Å². The number of hydrogen-bond donors (Lipinski definition) is 0. The maximum absolute atomic E-state index is 12.2. The van der Waals surface area contributed by atoms with Crippen molar-refractivity contribution < 1.29 is 8.42 Å². The summed E-state index contributed by atoms with van der Waals surface area (Å²) < 4.78 is 25.8. The topological polar surface area (TPSA) is 37.4 Å². The van der Waals surface area contributed by atoms with Crippen LogP contribution in [0.2, 0.25) is 0 Å². The molecule has 0 spiro atoms. The second kappa shape index (κ2) is 7.88. The predicted molar refractivity (Wildman–Crippen MR) is 80.8 cm³/mol. The third-order valence-corrected chi connectivity index (χ3v) is 5.19. The molecule has 19 heavy (non-hydrogen) atoms. The highest BCUT2D eigenvalue weighted by molar-refractivity contribution is 7.88. The van der Waals surface area contributed by atoms with Crippen molar-refractivity contribution >= 4 is 21.6 Å². The minimum Gasteiger partial charge on any atom is -0.212 e. The fourth-order valence-corrected chi connectivity index (χ4v) is 3.24. The summed E-state index contributed by atoms with van der Waals surface area (Å²) in [5, 5.41) is 0. The van der Waals surface area contributed by atoms with Crippen molar-refractivity contribution in [3.05, 3.63) is 35.4 Å². The number of benzene rings is 1. The van der Waals surface area contributed by atoms with Crippen LogP contribution < -0.4 is 0 Å². The molecular weight excluding hydrogens is 282 g/mol. The Morgan fingerprint density at radius 1 is 1.21 bits per heavy atom. The van der Waals surface area contributed by atoms with E-state index in [1.807, 2.05) is 24.3 Å². The van der Waals surface area contributed by atoms with E-state index in [0.29, 0.717) is 12.4 Å². The highest BCUT2D eigenvalue weighted by atomic mass is 35.5. The summed E-state index contributed by atoms with van der Waals surface area (Å²) in [5.74, 6) is 0.445. The maximum atomic E-state index is 12.2. The molecule has 1 rings (SSSR count). The Labute approximate surface area is 121 Å². The third-order valence-electron chi connectivity index (χ3n) is 3.05. The van der Waals surface area contributed by atoms with Crippen LogP contribution in [0.4, 0.5) is 0 Å². The molecule has 0 saturated heterocycles. The molecule has 1 aromatic rings. The molecule has 0 N–H and O–H groups in total. The Kier molecular flexibility index (Phi) is 6.83. The molecule has 108 valence electrons. The van der Waals surface area contributed by atoms with E-state index >= 15 is 0 Å². The summed E-state index contributed by atoms with van der Waals surface area (Å²) >= 11 is 5.76. The monoisotopic (exact) mass is 303 g/mol. The standard InChI is InChI=1S/C14H22ClNO2S/c1-3-4-5-9-16(2)19(17,18)12-14-8-6-7-13(10-14)11-15/h6-8,10H,3-5,9,11-12H2,1-2H3. The lowest BCUT2D eigenvalue weighted by Crippen LogP contribution is -2.29. The van der Waals surface area contributed by atoms with Crippen LogP contribution in [0.1, 0.15) is 37.3 Å². The van der Waals surface area contributed by atoms with E-state index in [-0.39, 0.29) is 5.75 Å². The van der Waals surface area contributed by atoms with E-state index in [1.165, 1.54) is 4.31 Å². The van der Waals surface area contributed by atoms with Gasteiger partial charge < -0.3 is 0 Å². The quantitative estimate of drug-likeness (QED) is 0.545. The second-order valence-electron chi connectivity index (χ2n) is 4.74. The summed E-state index contributed by atoms with van der Waals surface area (Å²) in [4.78, 5) is 0. The van der Waals surface area contributed by atoms with Crippen molar-refractivity contribution in [3.63, 3.8) is 0 Å². The average molecular weight is 304 g/mol. The molecule has 0 aromatic heterocycles. The van der Waals surface area contributed by atoms with Crippen molar-refractivity contribution in [1.29, 1.82) is 0 Å². The lowest BCUT2D eigenvalue weighted by atomic mass is 10.2. The average Bonchev–Trinajstić information content (AvgIpc) is 2.38. The third kappa shape index (κ3) is 5.51. The zero-order valence-electron chi connectivity index (χ0n) is 11.6. The number of unbranched alkanes of at least 4 members (excludes halogenated alkanes) is 2. The van der Waals surface area contributed by atoms with Crippen LogP contribution >= 0.6 is 11.6 Å². The lowest BCUT2D eigenvalue weighted by molar-refractivity contribution is 0.453. The van der Waals surface area contributed by atoms with E-state index in [0.717, 1.165) is 30.4 Å². The van der Waals surface area contributed by atoms with Crippen LogP contribution in [0.3, 0.4) is 0 Å². The first-order chi connectivity index (χ1) is 8.99. The zero-order valence-corrected chi connectivity index (χ0v) is 13.2. The summed E-state index contributed by atoms with van der Waals surface area (Å²) in [6.45, 7) is 2.69. The van der Waals surface area contributed by atoms with Gasteiger partial charge >= 0.3 is 0 Å². The van der Waals surface area contributed by atoms with Crippen LogP contribution in [0, 0.1) is 0 Å². The Balaban J connectivity index is 2.67. The first kappa shape index (κ1) is 16.5. The largest absolute Gasteiger partial charge is 0.218 e. The van der Waals surface area contributed by atoms with Gasteiger partial charge in [-0.15, -0.1) is 11.6 Å². The molecule has 1 aromatic carbocycles. The van der Waals surface area contributed by atoms with E-state index in [2.05, 4.69) is 6.92 Å². The molecule has 3 nitrogen and oxygen atoms in total. The number of halogens is 1.